The Morgan fingerprint density at radius 2 is 2.00 bits per heavy atom. The van der Waals surface area contributed by atoms with Crippen LogP contribution in [0.3, 0.4) is 0 Å². The van der Waals surface area contributed by atoms with Crippen LogP contribution in [-0.4, -0.2) is 23.0 Å². The molecule has 1 aliphatic rings. The highest BCUT2D eigenvalue weighted by Crippen LogP contribution is 2.39. The number of amides is 1. The third kappa shape index (κ3) is 3.51. The molecule has 22 heavy (non-hydrogen) atoms. The standard InChI is InChI=1S/C16H19N3O.2ClH/c1-16(10-17,12-7-8-12)19-15(20)13-6-2-4-11-5-3-9-18-14(11)13;;/h2-6,9,12H,7-8,10,17H2,1H3,(H,19,20);2*1H. The molecule has 1 atom stereocenters. The number of aromatic nitrogens is 1. The average Bonchev–Trinajstić information content (AvgIpc) is 3.31. The van der Waals surface area contributed by atoms with Crippen molar-refractivity contribution in [1.82, 2.24) is 10.3 Å². The lowest BCUT2D eigenvalue weighted by Crippen LogP contribution is -2.53. The van der Waals surface area contributed by atoms with E-state index in [0.717, 1.165) is 23.7 Å². The maximum Gasteiger partial charge on any atom is 0.253 e. The van der Waals surface area contributed by atoms with Crippen molar-refractivity contribution in [3.05, 3.63) is 42.1 Å². The molecule has 1 saturated carbocycles. The first-order valence-corrected chi connectivity index (χ1v) is 7.00. The van der Waals surface area contributed by atoms with Gasteiger partial charge in [0.1, 0.15) is 0 Å². The molecule has 1 aromatic heterocycles. The summed E-state index contributed by atoms with van der Waals surface area (Å²) in [4.78, 5) is 16.9. The van der Waals surface area contributed by atoms with E-state index in [2.05, 4.69) is 10.3 Å². The summed E-state index contributed by atoms with van der Waals surface area (Å²) in [5.74, 6) is 0.411. The van der Waals surface area contributed by atoms with E-state index in [1.54, 1.807) is 6.20 Å². The smallest absolute Gasteiger partial charge is 0.253 e. The topological polar surface area (TPSA) is 68.0 Å². The number of halogens is 2. The number of hydrogen-bond acceptors (Lipinski definition) is 3. The molecule has 3 N–H and O–H groups in total. The first kappa shape index (κ1) is 18.7. The maximum absolute atomic E-state index is 12.6. The number of para-hydroxylation sites is 1. The summed E-state index contributed by atoms with van der Waals surface area (Å²) in [5.41, 5.74) is 6.90. The minimum Gasteiger partial charge on any atom is -0.345 e. The van der Waals surface area contributed by atoms with Crippen LogP contribution >= 0.6 is 24.8 Å². The van der Waals surface area contributed by atoms with Crippen LogP contribution < -0.4 is 11.1 Å². The lowest BCUT2D eigenvalue weighted by atomic mass is 9.95. The van der Waals surface area contributed by atoms with Crippen molar-refractivity contribution < 1.29 is 4.79 Å². The Morgan fingerprint density at radius 1 is 1.32 bits per heavy atom. The SMILES string of the molecule is CC(CN)(NC(=O)c1cccc2cccnc12)C1CC1.Cl.Cl. The average molecular weight is 342 g/mol. The molecule has 6 heteroatoms. The van der Waals surface area contributed by atoms with Crippen molar-refractivity contribution in [1.29, 1.82) is 0 Å². The number of rotatable bonds is 4. The molecule has 0 saturated heterocycles. The summed E-state index contributed by atoms with van der Waals surface area (Å²) >= 11 is 0. The molecule has 1 unspecified atom stereocenters. The lowest BCUT2D eigenvalue weighted by Gasteiger charge is -2.29. The van der Waals surface area contributed by atoms with Gasteiger partial charge in [-0.2, -0.15) is 0 Å². The van der Waals surface area contributed by atoms with Crippen LogP contribution in [0, 0.1) is 5.92 Å². The number of benzene rings is 1. The molecule has 1 heterocycles. The Morgan fingerprint density at radius 3 is 2.64 bits per heavy atom. The van der Waals surface area contributed by atoms with Crippen LogP contribution in [0.4, 0.5) is 0 Å². The van der Waals surface area contributed by atoms with Crippen molar-refractivity contribution >= 4 is 41.6 Å². The lowest BCUT2D eigenvalue weighted by molar-refractivity contribution is 0.0899. The quantitative estimate of drug-likeness (QED) is 0.898. The zero-order chi connectivity index (χ0) is 14.2. The van der Waals surface area contributed by atoms with Crippen LogP contribution in [0.15, 0.2) is 36.5 Å². The van der Waals surface area contributed by atoms with E-state index in [-0.39, 0.29) is 36.3 Å². The molecule has 1 fully saturated rings. The van der Waals surface area contributed by atoms with Crippen molar-refractivity contribution in [3.8, 4) is 0 Å². The van der Waals surface area contributed by atoms with E-state index in [9.17, 15) is 4.79 Å². The Hall–Kier alpha value is -1.36. The molecular formula is C16H21Cl2N3O. The molecule has 1 amide bonds. The molecule has 4 nitrogen and oxygen atoms in total. The highest BCUT2D eigenvalue weighted by atomic mass is 35.5. The van der Waals surface area contributed by atoms with Crippen molar-refractivity contribution in [3.63, 3.8) is 0 Å². The summed E-state index contributed by atoms with van der Waals surface area (Å²) in [5, 5.41) is 4.08. The third-order valence-electron chi connectivity index (χ3n) is 4.18. The summed E-state index contributed by atoms with van der Waals surface area (Å²) in [6.45, 7) is 2.49. The van der Waals surface area contributed by atoms with E-state index in [1.807, 2.05) is 37.3 Å². The number of nitrogens with one attached hydrogen (secondary N) is 1. The molecule has 2 aromatic rings. The summed E-state index contributed by atoms with van der Waals surface area (Å²) in [6.07, 6.45) is 3.99. The fraction of sp³-hybridized carbons (Fsp3) is 0.375. The fourth-order valence-electron chi connectivity index (χ4n) is 2.65. The van der Waals surface area contributed by atoms with E-state index >= 15 is 0 Å². The van der Waals surface area contributed by atoms with Gasteiger partial charge >= 0.3 is 0 Å². The van der Waals surface area contributed by atoms with E-state index in [4.69, 9.17) is 5.73 Å². The van der Waals surface area contributed by atoms with Gasteiger partial charge in [-0.3, -0.25) is 9.78 Å². The number of fused-ring (bicyclic) bond motifs is 1. The molecule has 0 aliphatic heterocycles. The molecule has 120 valence electrons. The van der Waals surface area contributed by atoms with Gasteiger partial charge in [-0.05, 0) is 37.8 Å². The van der Waals surface area contributed by atoms with Gasteiger partial charge in [0.25, 0.3) is 5.91 Å². The van der Waals surface area contributed by atoms with Crippen LogP contribution in [0.1, 0.15) is 30.1 Å². The molecular weight excluding hydrogens is 321 g/mol. The number of carbonyl (C=O) groups excluding carboxylic acids is 1. The van der Waals surface area contributed by atoms with Gasteiger partial charge in [-0.25, -0.2) is 0 Å². The zero-order valence-corrected chi connectivity index (χ0v) is 14.0. The van der Waals surface area contributed by atoms with Crippen LogP contribution in [-0.2, 0) is 0 Å². The second-order valence-corrected chi connectivity index (χ2v) is 5.73. The van der Waals surface area contributed by atoms with Gasteiger partial charge in [-0.15, -0.1) is 24.8 Å². The monoisotopic (exact) mass is 341 g/mol. The summed E-state index contributed by atoms with van der Waals surface area (Å²) < 4.78 is 0. The highest BCUT2D eigenvalue weighted by Gasteiger charge is 2.41. The normalized spacial score (nSPS) is 16.1. The Kier molecular flexibility index (Phi) is 6.17. The number of nitrogens with two attached hydrogens (primary N) is 1. The minimum absolute atomic E-state index is 0. The van der Waals surface area contributed by atoms with Crippen molar-refractivity contribution in [2.75, 3.05) is 6.54 Å². The number of pyridine rings is 1. The third-order valence-corrected chi connectivity index (χ3v) is 4.18. The number of hydrogen-bond donors (Lipinski definition) is 2. The Bertz CT molecular complexity index is 655. The maximum atomic E-state index is 12.6. The van der Waals surface area contributed by atoms with Gasteiger partial charge in [0.2, 0.25) is 0 Å². The molecule has 3 rings (SSSR count). The predicted molar refractivity (Wildman–Crippen MR) is 93.9 cm³/mol. The van der Waals surface area contributed by atoms with Crippen LogP contribution in [0.25, 0.3) is 10.9 Å². The molecule has 1 aliphatic carbocycles. The first-order chi connectivity index (χ1) is 9.64. The molecule has 0 bridgehead atoms. The van der Waals surface area contributed by atoms with Gasteiger partial charge in [-0.1, -0.05) is 18.2 Å². The second-order valence-electron chi connectivity index (χ2n) is 5.73. The number of carbonyl (C=O) groups is 1. The van der Waals surface area contributed by atoms with Gasteiger partial charge in [0, 0.05) is 18.1 Å². The Balaban J connectivity index is 0.00000121. The molecule has 0 spiro atoms. The molecule has 1 aromatic carbocycles. The largest absolute Gasteiger partial charge is 0.345 e. The van der Waals surface area contributed by atoms with Gasteiger partial charge < -0.3 is 11.1 Å². The second kappa shape index (κ2) is 7.27. The Labute approximate surface area is 142 Å². The van der Waals surface area contributed by atoms with Crippen LogP contribution in [0.5, 0.6) is 0 Å². The summed E-state index contributed by atoms with van der Waals surface area (Å²) in [7, 11) is 0. The predicted octanol–water partition coefficient (Wildman–Crippen LogP) is 2.94. The van der Waals surface area contributed by atoms with Gasteiger partial charge in [0.05, 0.1) is 16.6 Å². The zero-order valence-electron chi connectivity index (χ0n) is 12.4. The molecule has 0 radical (unpaired) electrons. The van der Waals surface area contributed by atoms with Crippen LogP contribution in [0.2, 0.25) is 0 Å². The van der Waals surface area contributed by atoms with E-state index in [1.165, 1.54) is 0 Å². The van der Waals surface area contributed by atoms with E-state index < -0.39 is 0 Å². The highest BCUT2D eigenvalue weighted by molar-refractivity contribution is 6.05. The van der Waals surface area contributed by atoms with Gasteiger partial charge in [0.15, 0.2) is 0 Å². The fourth-order valence-corrected chi connectivity index (χ4v) is 2.65. The van der Waals surface area contributed by atoms with Crippen molar-refractivity contribution in [2.45, 2.75) is 25.3 Å². The minimum atomic E-state index is -0.311. The first-order valence-electron chi connectivity index (χ1n) is 7.00. The van der Waals surface area contributed by atoms with E-state index in [0.29, 0.717) is 18.0 Å². The number of nitrogens with zero attached hydrogens (tertiary/aromatic N) is 1. The van der Waals surface area contributed by atoms with Crippen molar-refractivity contribution in [2.24, 2.45) is 11.7 Å². The summed E-state index contributed by atoms with van der Waals surface area (Å²) in [6, 6.07) is 9.49.